The molecule has 1 aromatic carbocycles. The van der Waals surface area contributed by atoms with E-state index >= 15 is 0 Å². The van der Waals surface area contributed by atoms with Crippen LogP contribution in [-0.2, 0) is 10.2 Å². The molecule has 3 rings (SSSR count). The van der Waals surface area contributed by atoms with Crippen LogP contribution in [0.5, 0.6) is 0 Å². The second-order valence-corrected chi connectivity index (χ2v) is 8.03. The zero-order valence-corrected chi connectivity index (χ0v) is 15.3. The van der Waals surface area contributed by atoms with Gasteiger partial charge in [0.2, 0.25) is 5.27 Å². The van der Waals surface area contributed by atoms with E-state index in [4.69, 9.17) is 4.52 Å². The summed E-state index contributed by atoms with van der Waals surface area (Å²) in [7, 11) is -0.412. The molecule has 1 aromatic heterocycles. The van der Waals surface area contributed by atoms with Crippen LogP contribution >= 0.6 is 0 Å². The largest absolute Gasteiger partial charge is 0.584 e. The van der Waals surface area contributed by atoms with Crippen molar-refractivity contribution in [2.75, 3.05) is 45.3 Å². The van der Waals surface area contributed by atoms with E-state index in [1.165, 1.54) is 33.7 Å². The third kappa shape index (κ3) is 3.84. The minimum Gasteiger partial charge on any atom is -0.584 e. The number of aromatic nitrogens is 2. The monoisotopic (exact) mass is 380 g/mol. The summed E-state index contributed by atoms with van der Waals surface area (Å²) in [5.74, 6) is -0.335. The molecule has 11 heteroatoms. The van der Waals surface area contributed by atoms with E-state index in [1.807, 2.05) is 11.1 Å². The smallest absolute Gasteiger partial charge is 0.281 e. The van der Waals surface area contributed by atoms with Crippen molar-refractivity contribution >= 4 is 22.0 Å². The highest BCUT2D eigenvalue weighted by molar-refractivity contribution is 7.86. The number of carbonyl (C=O) groups excluding carboxylic acids is 1. The summed E-state index contributed by atoms with van der Waals surface area (Å²) in [6.07, 6.45) is 1.50. The normalized spacial score (nSPS) is 16.0. The van der Waals surface area contributed by atoms with Crippen molar-refractivity contribution in [2.24, 2.45) is 0 Å². The maximum absolute atomic E-state index is 12.1. The Bertz CT molecular complexity index is 859. The van der Waals surface area contributed by atoms with Crippen molar-refractivity contribution in [2.45, 2.75) is 0 Å². The fraction of sp³-hybridized carbons (Fsp3) is 0.400. The van der Waals surface area contributed by atoms with Gasteiger partial charge >= 0.3 is 0 Å². The highest BCUT2D eigenvalue weighted by Gasteiger charge is 2.32. The average Bonchev–Trinajstić information content (AvgIpc) is 3.11. The summed E-state index contributed by atoms with van der Waals surface area (Å²) < 4.78 is 31.9. The Morgan fingerprint density at radius 1 is 1.19 bits per heavy atom. The van der Waals surface area contributed by atoms with Crippen LogP contribution < -0.4 is 9.80 Å². The van der Waals surface area contributed by atoms with Crippen molar-refractivity contribution in [1.29, 1.82) is 0 Å². The lowest BCUT2D eigenvalue weighted by atomic mass is 10.2. The fourth-order valence-corrected chi connectivity index (χ4v) is 3.59. The summed E-state index contributed by atoms with van der Waals surface area (Å²) in [6.45, 7) is 1.54. The molecule has 10 nitrogen and oxygen atoms in total. The molecule has 0 spiro atoms. The van der Waals surface area contributed by atoms with Gasteiger partial charge in [-0.25, -0.2) is 0 Å². The van der Waals surface area contributed by atoms with Gasteiger partial charge in [0.05, 0.1) is 23.8 Å². The number of carbonyl (C=O) groups is 1. The van der Waals surface area contributed by atoms with Gasteiger partial charge < -0.3 is 14.6 Å². The number of piperazine rings is 1. The van der Waals surface area contributed by atoms with E-state index in [9.17, 15) is 13.2 Å². The molecule has 0 radical (unpaired) electrons. The first-order chi connectivity index (χ1) is 12.4. The summed E-state index contributed by atoms with van der Waals surface area (Å²) in [6, 6.07) is 8.66. The van der Waals surface area contributed by atoms with Crippen molar-refractivity contribution in [3.8, 4) is 0 Å². The maximum atomic E-state index is 12.1. The third-order valence-corrected chi connectivity index (χ3v) is 5.91. The maximum Gasteiger partial charge on any atom is 0.281 e. The zero-order valence-electron chi connectivity index (χ0n) is 14.5. The molecular weight excluding hydrogens is 360 g/mol. The van der Waals surface area contributed by atoms with E-state index in [0.717, 1.165) is 0 Å². The minimum absolute atomic E-state index is 0.0854. The van der Waals surface area contributed by atoms with Crippen molar-refractivity contribution in [3.05, 3.63) is 47.4 Å². The molecule has 2 heterocycles. The predicted octanol–water partition coefficient (Wildman–Crippen LogP) is -0.132. The molecular formula is C15H20N6O4S. The van der Waals surface area contributed by atoms with E-state index in [-0.39, 0.29) is 5.88 Å². The SMILES string of the molecule is CN(C)S(=O)(=O)N1CCN([n+]2cc([N-]C(=O)c3ccccc3)on2)CC1. The van der Waals surface area contributed by atoms with Gasteiger partial charge in [0, 0.05) is 27.2 Å². The van der Waals surface area contributed by atoms with Crippen molar-refractivity contribution < 1.29 is 22.5 Å². The van der Waals surface area contributed by atoms with Gasteiger partial charge in [-0.1, -0.05) is 30.3 Å². The lowest BCUT2D eigenvalue weighted by molar-refractivity contribution is -0.759. The molecule has 1 amide bonds. The van der Waals surface area contributed by atoms with E-state index in [2.05, 4.69) is 10.6 Å². The standard InChI is InChI=1S/C15H20N6O4S/c1-18(2)26(23,24)20-10-8-19(9-11-20)21-12-14(25-17-21)16-15(22)13-6-4-3-5-7-13/h3-7,12H,8-11H2,1-2H3. The lowest BCUT2D eigenvalue weighted by Crippen LogP contribution is -2.66. The first kappa shape index (κ1) is 18.3. The second-order valence-electron chi connectivity index (χ2n) is 5.89. The van der Waals surface area contributed by atoms with Gasteiger partial charge in [0.25, 0.3) is 16.4 Å². The second kappa shape index (κ2) is 7.40. The lowest BCUT2D eigenvalue weighted by Gasteiger charge is -2.31. The van der Waals surface area contributed by atoms with Crippen LogP contribution in [0.2, 0.25) is 0 Å². The molecule has 140 valence electrons. The molecule has 1 aliphatic heterocycles. The number of amides is 1. The minimum atomic E-state index is -3.42. The van der Waals surface area contributed by atoms with Crippen molar-refractivity contribution in [1.82, 2.24) is 13.9 Å². The highest BCUT2D eigenvalue weighted by Crippen LogP contribution is 2.18. The van der Waals surface area contributed by atoms with Gasteiger partial charge in [-0.15, -0.1) is 0 Å². The van der Waals surface area contributed by atoms with Crippen molar-refractivity contribution in [3.63, 3.8) is 0 Å². The topological polar surface area (TPSA) is 105 Å². The van der Waals surface area contributed by atoms with E-state index in [1.54, 1.807) is 24.3 Å². The number of benzene rings is 1. The Kier molecular flexibility index (Phi) is 5.20. The highest BCUT2D eigenvalue weighted by atomic mass is 32.2. The molecule has 2 aromatic rings. The number of hydrogen-bond donors (Lipinski definition) is 0. The Morgan fingerprint density at radius 2 is 1.85 bits per heavy atom. The molecule has 0 atom stereocenters. The average molecular weight is 380 g/mol. The molecule has 1 aliphatic rings. The van der Waals surface area contributed by atoms with Gasteiger partial charge in [-0.3, -0.25) is 0 Å². The van der Waals surface area contributed by atoms with E-state index < -0.39 is 16.1 Å². The van der Waals surface area contributed by atoms with E-state index in [0.29, 0.717) is 31.7 Å². The number of hydrogen-bond acceptors (Lipinski definition) is 6. The number of nitrogens with zero attached hydrogens (tertiary/aromatic N) is 6. The molecule has 0 N–H and O–H groups in total. The summed E-state index contributed by atoms with van der Waals surface area (Å²) in [5.41, 5.74) is 0.456. The Balaban J connectivity index is 1.60. The zero-order chi connectivity index (χ0) is 18.7. The Labute approximate surface area is 151 Å². The summed E-state index contributed by atoms with van der Waals surface area (Å²) in [5, 5.41) is 9.56. The molecule has 1 saturated heterocycles. The van der Waals surface area contributed by atoms with Crippen LogP contribution in [0.3, 0.4) is 0 Å². The van der Waals surface area contributed by atoms with Crippen LogP contribution in [0.25, 0.3) is 5.32 Å². The quantitative estimate of drug-likeness (QED) is 0.669. The van der Waals surface area contributed by atoms with Crippen LogP contribution in [0.1, 0.15) is 10.4 Å². The molecule has 0 saturated carbocycles. The number of rotatable bonds is 5. The molecule has 0 unspecified atom stereocenters. The summed E-state index contributed by atoms with van der Waals surface area (Å²) in [4.78, 5) is 13.5. The molecule has 26 heavy (non-hydrogen) atoms. The molecule has 0 bridgehead atoms. The van der Waals surface area contributed by atoms with Gasteiger partial charge in [0.15, 0.2) is 0 Å². The first-order valence-corrected chi connectivity index (χ1v) is 9.40. The third-order valence-electron chi connectivity index (χ3n) is 3.97. The van der Waals surface area contributed by atoms with Crippen LogP contribution in [0.15, 0.2) is 41.1 Å². The van der Waals surface area contributed by atoms with Crippen LogP contribution in [0.4, 0.5) is 5.88 Å². The van der Waals surface area contributed by atoms with Gasteiger partial charge in [0.1, 0.15) is 5.88 Å². The van der Waals surface area contributed by atoms with Crippen LogP contribution in [0, 0.1) is 0 Å². The Hall–Kier alpha value is -2.50. The molecule has 1 fully saturated rings. The van der Waals surface area contributed by atoms with Crippen LogP contribution in [-0.4, -0.2) is 68.5 Å². The van der Waals surface area contributed by atoms with Gasteiger partial charge in [-0.2, -0.15) is 22.0 Å². The predicted molar refractivity (Wildman–Crippen MR) is 92.6 cm³/mol. The summed E-state index contributed by atoms with van der Waals surface area (Å²) >= 11 is 0. The molecule has 0 aliphatic carbocycles. The Morgan fingerprint density at radius 3 is 2.46 bits per heavy atom. The van der Waals surface area contributed by atoms with Gasteiger partial charge in [-0.05, 0) is 5.56 Å². The fourth-order valence-electron chi connectivity index (χ4n) is 2.50. The first-order valence-electron chi connectivity index (χ1n) is 8.00.